The number of fused-ring (bicyclic) bond motifs is 1. The number of hydrogen-bond acceptors (Lipinski definition) is 4. The number of nitrogens with zero attached hydrogens (tertiary/aromatic N) is 1. The van der Waals surface area contributed by atoms with Crippen molar-refractivity contribution in [3.8, 4) is 5.75 Å². The van der Waals surface area contributed by atoms with Gasteiger partial charge in [-0.25, -0.2) is 0 Å². The van der Waals surface area contributed by atoms with Crippen LogP contribution in [-0.2, 0) is 17.6 Å². The molecule has 1 atom stereocenters. The summed E-state index contributed by atoms with van der Waals surface area (Å²) in [4.78, 5) is 18.3. The van der Waals surface area contributed by atoms with Crippen LogP contribution >= 0.6 is 15.9 Å². The molecule has 0 saturated heterocycles. The minimum Gasteiger partial charge on any atom is -0.487 e. The molecule has 1 heterocycles. The standard InChI is InChI=1S/C40H55BrN2O3Si/c1-40(2,3)47(4,5)46-37(30-43(29-32-19-13-11-14-20-32)28-18-10-8-6-7-9-17-27-41)34-23-25-36(39-35(34)24-26-38(44)42-39)45-31-33-21-15-12-16-22-33/h11-16,19-26,37H,6-10,17-18,27-31H2,1-5H3,(H,42,44). The Morgan fingerprint density at radius 2 is 1.40 bits per heavy atom. The van der Waals surface area contributed by atoms with Gasteiger partial charge in [-0.2, -0.15) is 0 Å². The van der Waals surface area contributed by atoms with Crippen molar-refractivity contribution in [2.45, 2.75) is 103 Å². The average Bonchev–Trinajstić information content (AvgIpc) is 3.04. The molecule has 47 heavy (non-hydrogen) atoms. The summed E-state index contributed by atoms with van der Waals surface area (Å²) in [7, 11) is -2.17. The number of pyridine rings is 1. The number of aromatic nitrogens is 1. The maximum Gasteiger partial charge on any atom is 0.248 e. The molecule has 4 rings (SSSR count). The van der Waals surface area contributed by atoms with Crippen LogP contribution < -0.4 is 10.3 Å². The molecule has 0 amide bonds. The van der Waals surface area contributed by atoms with Crippen molar-refractivity contribution in [1.29, 1.82) is 0 Å². The average molecular weight is 720 g/mol. The van der Waals surface area contributed by atoms with E-state index in [4.69, 9.17) is 9.16 Å². The predicted molar refractivity (Wildman–Crippen MR) is 204 cm³/mol. The molecule has 254 valence electrons. The van der Waals surface area contributed by atoms with E-state index in [1.165, 1.54) is 50.5 Å². The second-order valence-electron chi connectivity index (χ2n) is 14.3. The number of halogens is 1. The van der Waals surface area contributed by atoms with Crippen LogP contribution in [0.4, 0.5) is 0 Å². The Bertz CT molecular complexity index is 1550. The molecule has 1 unspecified atom stereocenters. The first-order valence-corrected chi connectivity index (χ1v) is 21.4. The second kappa shape index (κ2) is 18.2. The maximum absolute atomic E-state index is 12.6. The van der Waals surface area contributed by atoms with Gasteiger partial charge in [-0.05, 0) is 66.3 Å². The van der Waals surface area contributed by atoms with E-state index in [1.54, 1.807) is 6.07 Å². The Kier molecular flexibility index (Phi) is 14.3. The van der Waals surface area contributed by atoms with Crippen molar-refractivity contribution >= 4 is 35.2 Å². The summed E-state index contributed by atoms with van der Waals surface area (Å²) in [5, 5.41) is 2.13. The molecule has 7 heteroatoms. The van der Waals surface area contributed by atoms with E-state index in [9.17, 15) is 4.79 Å². The van der Waals surface area contributed by atoms with Crippen molar-refractivity contribution in [1.82, 2.24) is 9.88 Å². The summed E-state index contributed by atoms with van der Waals surface area (Å²) in [5.41, 5.74) is 4.08. The van der Waals surface area contributed by atoms with E-state index in [0.717, 1.165) is 47.0 Å². The molecule has 0 aliphatic carbocycles. The van der Waals surface area contributed by atoms with Gasteiger partial charge in [0.05, 0.1) is 11.6 Å². The highest BCUT2D eigenvalue weighted by Crippen LogP contribution is 2.42. The number of rotatable bonds is 19. The second-order valence-corrected chi connectivity index (χ2v) is 19.8. The third-order valence-corrected chi connectivity index (χ3v) is 14.5. The van der Waals surface area contributed by atoms with Crippen LogP contribution in [0.2, 0.25) is 18.1 Å². The molecule has 0 saturated carbocycles. The lowest BCUT2D eigenvalue weighted by molar-refractivity contribution is 0.115. The summed E-state index contributed by atoms with van der Waals surface area (Å²) in [5.74, 6) is 0.675. The quantitative estimate of drug-likeness (QED) is 0.0596. The lowest BCUT2D eigenvalue weighted by Gasteiger charge is -2.41. The molecule has 0 bridgehead atoms. The fourth-order valence-corrected chi connectivity index (χ4v) is 7.40. The number of H-pyrrole nitrogens is 1. The summed E-state index contributed by atoms with van der Waals surface area (Å²) < 4.78 is 13.6. The van der Waals surface area contributed by atoms with Gasteiger partial charge in [-0.3, -0.25) is 9.69 Å². The predicted octanol–water partition coefficient (Wildman–Crippen LogP) is 10.8. The largest absolute Gasteiger partial charge is 0.487 e. The number of benzene rings is 3. The van der Waals surface area contributed by atoms with E-state index in [-0.39, 0.29) is 16.7 Å². The minimum atomic E-state index is -2.17. The van der Waals surface area contributed by atoms with Gasteiger partial charge < -0.3 is 14.1 Å². The monoisotopic (exact) mass is 718 g/mol. The lowest BCUT2D eigenvalue weighted by Crippen LogP contribution is -2.44. The number of aromatic amines is 1. The number of nitrogens with one attached hydrogen (secondary N) is 1. The highest BCUT2D eigenvalue weighted by Gasteiger charge is 2.40. The Hall–Kier alpha value is -2.71. The molecule has 0 aliphatic heterocycles. The van der Waals surface area contributed by atoms with Crippen molar-refractivity contribution in [3.63, 3.8) is 0 Å². The normalized spacial score (nSPS) is 12.9. The molecule has 0 spiro atoms. The van der Waals surface area contributed by atoms with Crippen LogP contribution in [0.25, 0.3) is 10.9 Å². The maximum atomic E-state index is 12.6. The van der Waals surface area contributed by atoms with Crippen LogP contribution in [0.5, 0.6) is 5.75 Å². The van der Waals surface area contributed by atoms with Gasteiger partial charge in [0.2, 0.25) is 5.56 Å². The van der Waals surface area contributed by atoms with Gasteiger partial charge in [0.25, 0.3) is 0 Å². The zero-order valence-electron chi connectivity index (χ0n) is 29.2. The molecule has 5 nitrogen and oxygen atoms in total. The summed E-state index contributed by atoms with van der Waals surface area (Å²) >= 11 is 3.55. The van der Waals surface area contributed by atoms with Crippen molar-refractivity contribution in [2.75, 3.05) is 18.4 Å². The van der Waals surface area contributed by atoms with Crippen molar-refractivity contribution in [2.24, 2.45) is 0 Å². The molecule has 0 aliphatic rings. The van der Waals surface area contributed by atoms with Crippen LogP contribution in [0.1, 0.15) is 88.5 Å². The van der Waals surface area contributed by atoms with E-state index in [2.05, 4.69) is 108 Å². The Balaban J connectivity index is 1.64. The highest BCUT2D eigenvalue weighted by atomic mass is 79.9. The molecule has 0 radical (unpaired) electrons. The Morgan fingerprint density at radius 3 is 2.04 bits per heavy atom. The molecular formula is C40H55BrN2O3Si. The van der Waals surface area contributed by atoms with Crippen LogP contribution in [0.3, 0.4) is 0 Å². The van der Waals surface area contributed by atoms with Gasteiger partial charge in [0.15, 0.2) is 8.32 Å². The fourth-order valence-electron chi connectivity index (χ4n) is 5.74. The Morgan fingerprint density at radius 1 is 0.787 bits per heavy atom. The SMILES string of the molecule is CC(C)(C)[Si](C)(C)OC(CN(CCCCCCCCCBr)Cc1ccccc1)c1ccc(OCc2ccccc2)c2[nH]c(=O)ccc12. The number of alkyl halides is 1. The molecule has 1 aromatic heterocycles. The Labute approximate surface area is 292 Å². The first-order chi connectivity index (χ1) is 22.6. The summed E-state index contributed by atoms with van der Waals surface area (Å²) in [6, 6.07) is 28.6. The zero-order chi connectivity index (χ0) is 33.7. The third kappa shape index (κ3) is 11.4. The van der Waals surface area contributed by atoms with Crippen LogP contribution in [-0.4, -0.2) is 36.6 Å². The molecule has 3 aromatic carbocycles. The first kappa shape index (κ1) is 37.1. The van der Waals surface area contributed by atoms with Crippen molar-refractivity contribution < 1.29 is 9.16 Å². The van der Waals surface area contributed by atoms with Gasteiger partial charge in [-0.15, -0.1) is 0 Å². The van der Waals surface area contributed by atoms with Gasteiger partial charge in [0, 0.05) is 29.9 Å². The molecule has 4 aromatic rings. The molecule has 1 N–H and O–H groups in total. The van der Waals surface area contributed by atoms with E-state index < -0.39 is 8.32 Å². The zero-order valence-corrected chi connectivity index (χ0v) is 31.8. The van der Waals surface area contributed by atoms with Crippen LogP contribution in [0.15, 0.2) is 89.7 Å². The molecule has 0 fully saturated rings. The fraction of sp³-hybridized carbons (Fsp3) is 0.475. The number of ether oxygens (including phenoxy) is 1. The lowest BCUT2D eigenvalue weighted by atomic mass is 10.0. The molecular weight excluding hydrogens is 664 g/mol. The van der Waals surface area contributed by atoms with Gasteiger partial charge in [-0.1, -0.05) is 136 Å². The number of hydrogen-bond donors (Lipinski definition) is 1. The van der Waals surface area contributed by atoms with E-state index >= 15 is 0 Å². The third-order valence-electron chi connectivity index (χ3n) is 9.50. The summed E-state index contributed by atoms with van der Waals surface area (Å²) in [6.07, 6.45) is 8.74. The number of unbranched alkanes of at least 4 members (excludes halogenated alkanes) is 6. The topological polar surface area (TPSA) is 54.6 Å². The highest BCUT2D eigenvalue weighted by molar-refractivity contribution is 9.09. The smallest absolute Gasteiger partial charge is 0.248 e. The van der Waals surface area contributed by atoms with Gasteiger partial charge in [0.1, 0.15) is 12.4 Å². The van der Waals surface area contributed by atoms with Crippen LogP contribution in [0, 0.1) is 0 Å². The first-order valence-electron chi connectivity index (χ1n) is 17.4. The minimum absolute atomic E-state index is 0.0488. The van der Waals surface area contributed by atoms with E-state index in [0.29, 0.717) is 12.4 Å². The summed E-state index contributed by atoms with van der Waals surface area (Å²) in [6.45, 7) is 14.6. The van der Waals surface area contributed by atoms with E-state index in [1.807, 2.05) is 30.3 Å². The van der Waals surface area contributed by atoms with Gasteiger partial charge >= 0.3 is 0 Å². The van der Waals surface area contributed by atoms with Crippen molar-refractivity contribution in [3.05, 3.63) is 112 Å².